The Balaban J connectivity index is 1.34. The highest BCUT2D eigenvalue weighted by molar-refractivity contribution is 7.90. The summed E-state index contributed by atoms with van der Waals surface area (Å²) < 4.78 is 11.7. The van der Waals surface area contributed by atoms with Crippen molar-refractivity contribution < 1.29 is 9.66 Å². The summed E-state index contributed by atoms with van der Waals surface area (Å²) in [6, 6.07) is 16.5. The van der Waals surface area contributed by atoms with E-state index in [0.29, 0.717) is 0 Å². The highest BCUT2D eigenvalue weighted by Crippen LogP contribution is 2.27. The van der Waals surface area contributed by atoms with Crippen LogP contribution in [0.15, 0.2) is 72.0 Å². The minimum Gasteiger partial charge on any atom is -0.392 e. The fourth-order valence-electron chi connectivity index (χ4n) is 4.24. The van der Waals surface area contributed by atoms with Gasteiger partial charge in [0, 0.05) is 49.2 Å². The van der Waals surface area contributed by atoms with Gasteiger partial charge >= 0.3 is 0 Å². The molecule has 4 aromatic rings. The summed E-state index contributed by atoms with van der Waals surface area (Å²) >= 11 is -0.781. The highest BCUT2D eigenvalue weighted by Gasteiger charge is 2.19. The molecule has 0 spiro atoms. The van der Waals surface area contributed by atoms with Crippen molar-refractivity contribution >= 4 is 16.8 Å². The molecule has 1 fully saturated rings. The van der Waals surface area contributed by atoms with Crippen LogP contribution < -0.4 is 0 Å². The molecule has 1 saturated heterocycles. The Morgan fingerprint density at radius 2 is 1.91 bits per heavy atom. The van der Waals surface area contributed by atoms with Gasteiger partial charge in [0.2, 0.25) is 0 Å². The van der Waals surface area contributed by atoms with Crippen LogP contribution in [-0.2, 0) is 17.6 Å². The molecule has 0 aliphatic carbocycles. The Labute approximate surface area is 190 Å². The minimum absolute atomic E-state index is 0.162. The van der Waals surface area contributed by atoms with Crippen molar-refractivity contribution in [2.24, 2.45) is 0 Å². The molecule has 5 rings (SSSR count). The van der Waals surface area contributed by atoms with E-state index in [4.69, 9.17) is 4.98 Å². The molecular weight excluding hydrogens is 420 g/mol. The molecule has 2 aromatic carbocycles. The fourth-order valence-corrected chi connectivity index (χ4v) is 4.81. The van der Waals surface area contributed by atoms with Crippen molar-refractivity contribution in [3.8, 4) is 22.3 Å². The number of aliphatic hydroxyl groups is 1. The molecule has 0 saturated carbocycles. The third kappa shape index (κ3) is 4.42. The lowest BCUT2D eigenvalue weighted by molar-refractivity contribution is 0.177. The van der Waals surface area contributed by atoms with Gasteiger partial charge in [0.25, 0.3) is 0 Å². The average molecular weight is 448 g/mol. The van der Waals surface area contributed by atoms with E-state index in [1.807, 2.05) is 47.4 Å². The summed E-state index contributed by atoms with van der Waals surface area (Å²) in [4.78, 5) is 7.92. The molecule has 164 valence electrons. The van der Waals surface area contributed by atoms with E-state index in [0.717, 1.165) is 65.3 Å². The van der Waals surface area contributed by atoms with Crippen molar-refractivity contribution in [3.63, 3.8) is 0 Å². The molecule has 2 atom stereocenters. The van der Waals surface area contributed by atoms with E-state index < -0.39 is 11.2 Å². The number of hydrogen-bond donors (Lipinski definition) is 2. The smallest absolute Gasteiger partial charge is 0.190 e. The number of rotatable bonds is 6. The molecule has 0 bridgehead atoms. The van der Waals surface area contributed by atoms with E-state index >= 15 is 0 Å². The number of benzene rings is 2. The second kappa shape index (κ2) is 9.03. The second-order valence-corrected chi connectivity index (χ2v) is 9.79. The van der Waals surface area contributed by atoms with Crippen LogP contribution in [0.25, 0.3) is 27.9 Å². The quantitative estimate of drug-likeness (QED) is 0.441. The zero-order valence-electron chi connectivity index (χ0n) is 18.1. The highest BCUT2D eigenvalue weighted by atomic mass is 32.2. The van der Waals surface area contributed by atoms with Crippen molar-refractivity contribution in [3.05, 3.63) is 72.7 Å². The molecule has 2 unspecified atom stereocenters. The van der Waals surface area contributed by atoms with Crippen LogP contribution in [0.4, 0.5) is 0 Å². The monoisotopic (exact) mass is 447 g/mol. The summed E-state index contributed by atoms with van der Waals surface area (Å²) in [5, 5.41) is 14.2. The van der Waals surface area contributed by atoms with Gasteiger partial charge in [-0.3, -0.25) is 0 Å². The Morgan fingerprint density at radius 3 is 2.66 bits per heavy atom. The number of likely N-dealkylation sites (tertiary alicyclic amines) is 1. The number of β-amino-alcohol motifs (C(OH)–C–C–N with tert-alkyl or cyclic N) is 1. The van der Waals surface area contributed by atoms with E-state index in [1.165, 1.54) is 5.56 Å². The first-order valence-corrected chi connectivity index (χ1v) is 12.4. The molecule has 0 radical (unpaired) electrons. The van der Waals surface area contributed by atoms with Gasteiger partial charge in [0.15, 0.2) is 21.7 Å². The summed E-state index contributed by atoms with van der Waals surface area (Å²) in [5.74, 6) is 0. The van der Waals surface area contributed by atoms with Crippen LogP contribution in [0, 0.1) is 0 Å². The summed E-state index contributed by atoms with van der Waals surface area (Å²) in [6.45, 7) is 2.76. The number of aliphatic hydroxyl groups excluding tert-OH is 1. The Hall–Kier alpha value is -2.71. The predicted octanol–water partition coefficient (Wildman–Crippen LogP) is 3.75. The second-order valence-electron chi connectivity index (χ2n) is 8.36. The molecule has 7 heteroatoms. The minimum atomic E-state index is -0.781. The van der Waals surface area contributed by atoms with Crippen LogP contribution in [-0.4, -0.2) is 61.2 Å². The molecule has 6 nitrogen and oxygen atoms in total. The Kier molecular flexibility index (Phi) is 5.97. The van der Waals surface area contributed by atoms with E-state index in [-0.39, 0.29) is 6.10 Å². The average Bonchev–Trinajstić information content (AvgIpc) is 3.43. The van der Waals surface area contributed by atoms with E-state index in [1.54, 1.807) is 6.26 Å². The Bertz CT molecular complexity index is 1220. The molecular formula is C25H27N4O2S+. The largest absolute Gasteiger partial charge is 0.392 e. The van der Waals surface area contributed by atoms with Gasteiger partial charge < -0.3 is 10.0 Å². The van der Waals surface area contributed by atoms with Crippen molar-refractivity contribution in [2.75, 3.05) is 25.9 Å². The molecule has 0 amide bonds. The van der Waals surface area contributed by atoms with E-state index in [2.05, 4.69) is 34.3 Å². The fraction of sp³-hybridized carbons (Fsp3) is 0.280. The van der Waals surface area contributed by atoms with Gasteiger partial charge in [0.05, 0.1) is 12.3 Å². The zero-order valence-corrected chi connectivity index (χ0v) is 18.9. The summed E-state index contributed by atoms with van der Waals surface area (Å²) in [5.41, 5.74) is 6.16. The molecule has 2 N–H and O–H groups in total. The lowest BCUT2D eigenvalue weighted by Crippen LogP contribution is -2.24. The van der Waals surface area contributed by atoms with Gasteiger partial charge in [-0.2, -0.15) is 9.65 Å². The van der Waals surface area contributed by atoms with Crippen molar-refractivity contribution in [1.82, 2.24) is 19.5 Å². The first-order valence-electron chi connectivity index (χ1n) is 10.9. The third-order valence-corrected chi connectivity index (χ3v) is 7.03. The third-order valence-electron chi connectivity index (χ3n) is 6.09. The molecule has 1 aliphatic rings. The zero-order chi connectivity index (χ0) is 22.1. The van der Waals surface area contributed by atoms with Crippen LogP contribution in [0.5, 0.6) is 0 Å². The van der Waals surface area contributed by atoms with Crippen LogP contribution in [0.2, 0.25) is 0 Å². The number of fused-ring (bicyclic) bond motifs is 1. The first-order chi connectivity index (χ1) is 15.6. The maximum Gasteiger partial charge on any atom is 0.190 e. The predicted molar refractivity (Wildman–Crippen MR) is 129 cm³/mol. The van der Waals surface area contributed by atoms with Crippen molar-refractivity contribution in [1.29, 1.82) is 0 Å². The van der Waals surface area contributed by atoms with Gasteiger partial charge in [-0.1, -0.05) is 36.4 Å². The van der Waals surface area contributed by atoms with Gasteiger partial charge in [0.1, 0.15) is 6.26 Å². The van der Waals surface area contributed by atoms with Gasteiger partial charge in [-0.15, -0.1) is 0 Å². The van der Waals surface area contributed by atoms with Crippen LogP contribution in [0.3, 0.4) is 0 Å². The number of aromatic nitrogens is 3. The first kappa shape index (κ1) is 21.2. The van der Waals surface area contributed by atoms with Crippen molar-refractivity contribution in [2.45, 2.75) is 23.8 Å². The molecule has 2 aromatic heterocycles. The molecule has 32 heavy (non-hydrogen) atoms. The molecule has 3 heterocycles. The maximum atomic E-state index is 9.92. The lowest BCUT2D eigenvalue weighted by atomic mass is 10.0. The normalized spacial score (nSPS) is 17.8. The maximum absolute atomic E-state index is 9.92. The Morgan fingerprint density at radius 1 is 1.06 bits per heavy atom. The van der Waals surface area contributed by atoms with Crippen LogP contribution in [0.1, 0.15) is 12.0 Å². The molecule has 1 aliphatic heterocycles. The standard InChI is InChI=1S/C25H27N4O2S/c1-32(31)23-4-2-3-20(13-23)24-15-27-29-16-21(14-26-25(24)29)19-7-5-18(6-8-19)9-11-28-12-10-22(30)17-28/h2-8,13-16,22,30-31H,9-12,17H2,1H3/q+1. The topological polar surface area (TPSA) is 73.9 Å². The van der Waals surface area contributed by atoms with Gasteiger partial charge in [-0.25, -0.2) is 9.50 Å². The number of nitrogens with zero attached hydrogens (tertiary/aromatic N) is 4. The number of hydrogen-bond acceptors (Lipinski definition) is 5. The SMILES string of the molecule is C[S+](O)c1cccc(-c2cnn3cc(-c4ccc(CCN5CCC(O)C5)cc4)cnc23)c1. The summed E-state index contributed by atoms with van der Waals surface area (Å²) in [7, 11) is 0. The van der Waals surface area contributed by atoms with Gasteiger partial charge in [-0.05, 0) is 35.6 Å². The van der Waals surface area contributed by atoms with Crippen LogP contribution >= 0.6 is 0 Å². The lowest BCUT2D eigenvalue weighted by Gasteiger charge is -2.14. The summed E-state index contributed by atoms with van der Waals surface area (Å²) in [6.07, 6.45) is 9.23. The van der Waals surface area contributed by atoms with E-state index in [9.17, 15) is 9.66 Å².